The zero-order valence-corrected chi connectivity index (χ0v) is 19.9. The van der Waals surface area contributed by atoms with E-state index < -0.39 is 0 Å². The Morgan fingerprint density at radius 3 is 2.57 bits per heavy atom. The number of carbonyl (C=O) groups excluding carboxylic acids is 1. The van der Waals surface area contributed by atoms with Crippen LogP contribution in [0.4, 0.5) is 10.1 Å². The molecule has 35 heavy (non-hydrogen) atoms. The Labute approximate surface area is 204 Å². The first-order valence-corrected chi connectivity index (χ1v) is 12.0. The Bertz CT molecular complexity index is 1400. The Kier molecular flexibility index (Phi) is 5.26. The van der Waals surface area contributed by atoms with E-state index >= 15 is 0 Å². The molecule has 1 amide bonds. The van der Waals surface area contributed by atoms with Crippen LogP contribution >= 0.6 is 0 Å². The number of benzene rings is 3. The fourth-order valence-corrected chi connectivity index (χ4v) is 5.54. The van der Waals surface area contributed by atoms with Crippen molar-refractivity contribution in [1.29, 1.82) is 0 Å². The lowest BCUT2D eigenvalue weighted by Crippen LogP contribution is -2.47. The van der Waals surface area contributed by atoms with Crippen LogP contribution in [-0.2, 0) is 0 Å². The molecule has 1 saturated heterocycles. The van der Waals surface area contributed by atoms with Gasteiger partial charge >= 0.3 is 0 Å². The van der Waals surface area contributed by atoms with Crippen LogP contribution in [0, 0.1) is 12.7 Å². The Hall–Kier alpha value is -3.77. The summed E-state index contributed by atoms with van der Waals surface area (Å²) < 4.78 is 15.4. The minimum Gasteiger partial charge on any atom is -0.306 e. The van der Waals surface area contributed by atoms with E-state index in [-0.39, 0.29) is 23.7 Å². The summed E-state index contributed by atoms with van der Waals surface area (Å²) in [6.07, 6.45) is 2.73. The van der Waals surface area contributed by atoms with Gasteiger partial charge in [0.2, 0.25) is 0 Å². The van der Waals surface area contributed by atoms with Crippen molar-refractivity contribution in [1.82, 2.24) is 14.7 Å². The molecule has 3 aromatic carbocycles. The number of aromatic nitrogens is 2. The van der Waals surface area contributed by atoms with Gasteiger partial charge in [0.25, 0.3) is 5.91 Å². The standard InChI is InChI=1S/C29H27FN4O/c1-19-8-13-26-23(16-19)24-17-32(2)15-14-27(24)34(26)29(35)25-18-33(22-6-4-3-5-7-22)31-28(25)20-9-11-21(30)12-10-20/h3-13,16,18,24,27H,14-15,17H2,1-2H3/t24-,27-/m1/s1. The van der Waals surface area contributed by atoms with Crippen LogP contribution in [0.25, 0.3) is 16.9 Å². The molecule has 3 heterocycles. The third kappa shape index (κ3) is 3.74. The van der Waals surface area contributed by atoms with Crippen LogP contribution in [-0.4, -0.2) is 46.8 Å². The molecule has 1 fully saturated rings. The summed E-state index contributed by atoms with van der Waals surface area (Å²) in [5.74, 6) is -0.0955. The van der Waals surface area contributed by atoms with Crippen molar-refractivity contribution < 1.29 is 9.18 Å². The van der Waals surface area contributed by atoms with E-state index in [4.69, 9.17) is 5.10 Å². The topological polar surface area (TPSA) is 41.4 Å². The monoisotopic (exact) mass is 466 g/mol. The molecule has 0 saturated carbocycles. The third-order valence-corrected chi connectivity index (χ3v) is 7.25. The molecule has 2 atom stereocenters. The van der Waals surface area contributed by atoms with Gasteiger partial charge in [-0.2, -0.15) is 5.10 Å². The maximum Gasteiger partial charge on any atom is 0.262 e. The molecule has 0 N–H and O–H groups in total. The quantitative estimate of drug-likeness (QED) is 0.404. The van der Waals surface area contributed by atoms with E-state index in [9.17, 15) is 9.18 Å². The number of likely N-dealkylation sites (N-methyl/N-ethyl adjacent to an activating group) is 1. The maximum absolute atomic E-state index is 14.3. The highest BCUT2D eigenvalue weighted by Crippen LogP contribution is 2.46. The van der Waals surface area contributed by atoms with Crippen LogP contribution in [0.3, 0.4) is 0 Å². The van der Waals surface area contributed by atoms with Gasteiger partial charge in [0.05, 0.1) is 11.3 Å². The fraction of sp³-hybridized carbons (Fsp3) is 0.241. The van der Waals surface area contributed by atoms with E-state index in [1.807, 2.05) is 41.4 Å². The number of piperidine rings is 1. The lowest BCUT2D eigenvalue weighted by Gasteiger charge is -2.36. The molecule has 5 nitrogen and oxygen atoms in total. The highest BCUT2D eigenvalue weighted by Gasteiger charge is 2.44. The molecule has 1 aromatic heterocycles. The number of carbonyl (C=O) groups is 1. The van der Waals surface area contributed by atoms with Crippen molar-refractivity contribution in [3.05, 3.63) is 102 Å². The number of aryl methyl sites for hydroxylation is 1. The Morgan fingerprint density at radius 1 is 1.03 bits per heavy atom. The molecule has 4 aromatic rings. The minimum atomic E-state index is -0.317. The lowest BCUT2D eigenvalue weighted by atomic mass is 9.88. The van der Waals surface area contributed by atoms with Crippen molar-refractivity contribution in [2.45, 2.75) is 25.3 Å². The van der Waals surface area contributed by atoms with E-state index in [0.717, 1.165) is 30.9 Å². The smallest absolute Gasteiger partial charge is 0.262 e. The van der Waals surface area contributed by atoms with E-state index in [2.05, 4.69) is 37.1 Å². The highest BCUT2D eigenvalue weighted by atomic mass is 19.1. The fourth-order valence-electron chi connectivity index (χ4n) is 5.54. The summed E-state index contributed by atoms with van der Waals surface area (Å²) >= 11 is 0. The second-order valence-electron chi connectivity index (χ2n) is 9.64. The molecule has 0 aliphatic carbocycles. The number of nitrogens with zero attached hydrogens (tertiary/aromatic N) is 4. The van der Waals surface area contributed by atoms with Crippen LogP contribution in [0.1, 0.15) is 33.8 Å². The molecular weight excluding hydrogens is 439 g/mol. The molecular formula is C29H27FN4O. The summed E-state index contributed by atoms with van der Waals surface area (Å²) in [7, 11) is 2.15. The maximum atomic E-state index is 14.3. The van der Waals surface area contributed by atoms with Crippen molar-refractivity contribution in [2.75, 3.05) is 25.0 Å². The van der Waals surface area contributed by atoms with Crippen LogP contribution in [0.2, 0.25) is 0 Å². The number of anilines is 1. The first kappa shape index (κ1) is 21.7. The third-order valence-electron chi connectivity index (χ3n) is 7.25. The number of rotatable bonds is 3. The Balaban J connectivity index is 1.48. The van der Waals surface area contributed by atoms with Gasteiger partial charge in [-0.25, -0.2) is 9.07 Å². The van der Waals surface area contributed by atoms with Crippen molar-refractivity contribution in [2.24, 2.45) is 0 Å². The predicted octanol–water partition coefficient (Wildman–Crippen LogP) is 5.43. The highest BCUT2D eigenvalue weighted by molar-refractivity contribution is 6.11. The number of hydrogen-bond donors (Lipinski definition) is 0. The second-order valence-corrected chi connectivity index (χ2v) is 9.64. The number of amides is 1. The van der Waals surface area contributed by atoms with Gasteiger partial charge in [-0.3, -0.25) is 4.79 Å². The molecule has 2 aliphatic rings. The van der Waals surface area contributed by atoms with Crippen LogP contribution in [0.5, 0.6) is 0 Å². The number of likely N-dealkylation sites (tertiary alicyclic amines) is 1. The number of para-hydroxylation sites is 1. The summed E-state index contributed by atoms with van der Waals surface area (Å²) in [4.78, 5) is 18.7. The van der Waals surface area contributed by atoms with E-state index in [0.29, 0.717) is 16.8 Å². The second kappa shape index (κ2) is 8.47. The molecule has 6 heteroatoms. The molecule has 176 valence electrons. The van der Waals surface area contributed by atoms with Crippen molar-refractivity contribution >= 4 is 11.6 Å². The van der Waals surface area contributed by atoms with Gasteiger partial charge in [-0.05, 0) is 75.0 Å². The Morgan fingerprint density at radius 2 is 1.80 bits per heavy atom. The van der Waals surface area contributed by atoms with Crippen LogP contribution in [0.15, 0.2) is 79.0 Å². The minimum absolute atomic E-state index is 0.0614. The summed E-state index contributed by atoms with van der Waals surface area (Å²) in [6, 6.07) is 22.4. The summed E-state index contributed by atoms with van der Waals surface area (Å²) in [6.45, 7) is 3.98. The van der Waals surface area contributed by atoms with Gasteiger partial charge in [-0.1, -0.05) is 35.9 Å². The zero-order valence-electron chi connectivity index (χ0n) is 19.9. The van der Waals surface area contributed by atoms with Gasteiger partial charge < -0.3 is 9.80 Å². The van der Waals surface area contributed by atoms with E-state index in [1.165, 1.54) is 23.3 Å². The van der Waals surface area contributed by atoms with Gasteiger partial charge in [0, 0.05) is 36.0 Å². The molecule has 6 rings (SSSR count). The SMILES string of the molecule is Cc1ccc2c(c1)[C@H]1CN(C)CC[C@H]1N2C(=O)c1cn(-c2ccccc2)nc1-c1ccc(F)cc1. The molecule has 0 radical (unpaired) electrons. The number of fused-ring (bicyclic) bond motifs is 3. The first-order chi connectivity index (χ1) is 17.0. The molecule has 0 unspecified atom stereocenters. The van der Waals surface area contributed by atoms with Gasteiger partial charge in [-0.15, -0.1) is 0 Å². The first-order valence-electron chi connectivity index (χ1n) is 12.0. The normalized spacial score (nSPS) is 19.5. The summed E-state index contributed by atoms with van der Waals surface area (Å²) in [5, 5.41) is 4.80. The molecule has 0 spiro atoms. The number of hydrogen-bond acceptors (Lipinski definition) is 3. The molecule has 0 bridgehead atoms. The average molecular weight is 467 g/mol. The molecule has 2 aliphatic heterocycles. The van der Waals surface area contributed by atoms with Crippen molar-refractivity contribution in [3.8, 4) is 16.9 Å². The zero-order chi connectivity index (χ0) is 24.1. The largest absolute Gasteiger partial charge is 0.306 e. The number of halogens is 1. The van der Waals surface area contributed by atoms with Crippen molar-refractivity contribution in [3.63, 3.8) is 0 Å². The lowest BCUT2D eigenvalue weighted by molar-refractivity contribution is 0.0965. The van der Waals surface area contributed by atoms with Gasteiger partial charge in [0.1, 0.15) is 11.5 Å². The summed E-state index contributed by atoms with van der Waals surface area (Å²) in [5.41, 5.74) is 6.10. The van der Waals surface area contributed by atoms with Crippen LogP contribution < -0.4 is 4.90 Å². The van der Waals surface area contributed by atoms with Gasteiger partial charge in [0.15, 0.2) is 0 Å². The van der Waals surface area contributed by atoms with E-state index in [1.54, 1.807) is 16.8 Å². The predicted molar refractivity (Wildman–Crippen MR) is 136 cm³/mol. The average Bonchev–Trinajstić information content (AvgIpc) is 3.44.